The third-order valence-electron chi connectivity index (χ3n) is 1.37. The highest BCUT2D eigenvalue weighted by Gasteiger charge is 2.09. The normalized spacial score (nSPS) is 9.92. The monoisotopic (exact) mass is 199 g/mol. The predicted octanol–water partition coefficient (Wildman–Crippen LogP) is 0.620. The molecule has 1 aromatic heterocycles. The van der Waals surface area contributed by atoms with Gasteiger partial charge >= 0.3 is 5.97 Å². The molecule has 0 saturated heterocycles. The zero-order valence-electron chi connectivity index (χ0n) is 7.02. The van der Waals surface area contributed by atoms with Gasteiger partial charge in [-0.3, -0.25) is 0 Å². The van der Waals surface area contributed by atoms with E-state index in [1.807, 2.05) is 6.26 Å². The average Bonchev–Trinajstić information content (AvgIpc) is 2.04. The van der Waals surface area contributed by atoms with Gasteiger partial charge in [-0.1, -0.05) is 0 Å². The number of carboxylic acids is 1. The quantitative estimate of drug-likeness (QED) is 0.741. The first-order valence-electron chi connectivity index (χ1n) is 3.48. The fourth-order valence-electron chi connectivity index (χ4n) is 0.797. The van der Waals surface area contributed by atoms with Crippen LogP contribution < -0.4 is 5.73 Å². The van der Waals surface area contributed by atoms with E-state index in [1.54, 1.807) is 11.8 Å². The Balaban J connectivity index is 2.98. The molecule has 0 atom stereocenters. The molecule has 0 aliphatic heterocycles. The Morgan fingerprint density at radius 1 is 1.77 bits per heavy atom. The number of aromatic nitrogens is 2. The second kappa shape index (κ2) is 4.08. The van der Waals surface area contributed by atoms with E-state index in [4.69, 9.17) is 10.8 Å². The number of aromatic carboxylic acids is 1. The number of carboxylic acid groups (broad SMARTS) is 1. The molecule has 1 heterocycles. The molecular formula is C7H9N3O2S. The third kappa shape index (κ3) is 2.32. The van der Waals surface area contributed by atoms with Gasteiger partial charge in [-0.05, 0) is 6.26 Å². The van der Waals surface area contributed by atoms with Crippen LogP contribution in [-0.4, -0.2) is 27.3 Å². The van der Waals surface area contributed by atoms with Crippen LogP contribution in [0.3, 0.4) is 0 Å². The van der Waals surface area contributed by atoms with Crippen LogP contribution in [0.15, 0.2) is 6.20 Å². The number of hydrogen-bond donors (Lipinski definition) is 2. The maximum atomic E-state index is 10.5. The first-order valence-corrected chi connectivity index (χ1v) is 4.88. The van der Waals surface area contributed by atoms with Crippen molar-refractivity contribution in [2.45, 2.75) is 5.75 Å². The van der Waals surface area contributed by atoms with Gasteiger partial charge in [-0.25, -0.2) is 14.8 Å². The SMILES string of the molecule is CSCc1ncc(C(=O)O)c(N)n1. The van der Waals surface area contributed by atoms with Crippen molar-refractivity contribution in [1.82, 2.24) is 9.97 Å². The van der Waals surface area contributed by atoms with Crippen LogP contribution in [0.4, 0.5) is 5.82 Å². The lowest BCUT2D eigenvalue weighted by Gasteiger charge is -2.01. The summed E-state index contributed by atoms with van der Waals surface area (Å²) in [4.78, 5) is 18.2. The van der Waals surface area contributed by atoms with Crippen LogP contribution in [0.2, 0.25) is 0 Å². The first-order chi connectivity index (χ1) is 6.15. The van der Waals surface area contributed by atoms with Crippen molar-refractivity contribution in [2.75, 3.05) is 12.0 Å². The Bertz CT molecular complexity index is 330. The summed E-state index contributed by atoms with van der Waals surface area (Å²) in [5, 5.41) is 8.62. The van der Waals surface area contributed by atoms with Gasteiger partial charge in [0.1, 0.15) is 17.2 Å². The number of nitrogens with zero attached hydrogens (tertiary/aromatic N) is 2. The molecule has 0 bridgehead atoms. The van der Waals surface area contributed by atoms with Gasteiger partial charge in [-0.15, -0.1) is 0 Å². The van der Waals surface area contributed by atoms with Crippen LogP contribution in [0.1, 0.15) is 16.2 Å². The smallest absolute Gasteiger partial charge is 0.341 e. The van der Waals surface area contributed by atoms with Crippen LogP contribution in [0, 0.1) is 0 Å². The number of carbonyl (C=O) groups is 1. The molecule has 5 nitrogen and oxygen atoms in total. The fraction of sp³-hybridized carbons (Fsp3) is 0.286. The summed E-state index contributed by atoms with van der Waals surface area (Å²) >= 11 is 1.55. The van der Waals surface area contributed by atoms with Gasteiger partial charge in [0.15, 0.2) is 0 Å². The molecule has 1 aromatic rings. The molecule has 0 spiro atoms. The van der Waals surface area contributed by atoms with Crippen LogP contribution in [-0.2, 0) is 5.75 Å². The Labute approximate surface area is 79.4 Å². The summed E-state index contributed by atoms with van der Waals surface area (Å²) < 4.78 is 0. The standard InChI is InChI=1S/C7H9N3O2S/c1-13-3-5-9-2-4(7(11)12)6(8)10-5/h2H,3H2,1H3,(H,11,12)(H2,8,9,10). The van der Waals surface area contributed by atoms with Gasteiger partial charge in [0.2, 0.25) is 0 Å². The van der Waals surface area contributed by atoms with Crippen molar-refractivity contribution in [1.29, 1.82) is 0 Å². The lowest BCUT2D eigenvalue weighted by Crippen LogP contribution is -2.07. The third-order valence-corrected chi connectivity index (χ3v) is 1.92. The molecule has 0 radical (unpaired) electrons. The number of anilines is 1. The Hall–Kier alpha value is -1.30. The second-order valence-corrected chi connectivity index (χ2v) is 3.19. The zero-order chi connectivity index (χ0) is 9.84. The van der Waals surface area contributed by atoms with Crippen molar-refractivity contribution in [2.24, 2.45) is 0 Å². The highest BCUT2D eigenvalue weighted by molar-refractivity contribution is 7.97. The van der Waals surface area contributed by atoms with E-state index in [0.717, 1.165) is 0 Å². The van der Waals surface area contributed by atoms with Crippen molar-refractivity contribution in [3.05, 3.63) is 17.6 Å². The van der Waals surface area contributed by atoms with E-state index in [2.05, 4.69) is 9.97 Å². The molecule has 0 unspecified atom stereocenters. The highest BCUT2D eigenvalue weighted by atomic mass is 32.2. The molecule has 6 heteroatoms. The summed E-state index contributed by atoms with van der Waals surface area (Å²) in [6.45, 7) is 0. The molecule has 0 aliphatic rings. The Kier molecular flexibility index (Phi) is 3.07. The lowest BCUT2D eigenvalue weighted by atomic mass is 10.3. The van der Waals surface area contributed by atoms with E-state index in [9.17, 15) is 4.79 Å². The van der Waals surface area contributed by atoms with Gasteiger partial charge in [0.05, 0.1) is 5.75 Å². The lowest BCUT2D eigenvalue weighted by molar-refractivity contribution is 0.0697. The minimum Gasteiger partial charge on any atom is -0.477 e. The van der Waals surface area contributed by atoms with Crippen LogP contribution in [0.25, 0.3) is 0 Å². The number of hydrogen-bond acceptors (Lipinski definition) is 5. The number of nitrogen functional groups attached to an aromatic ring is 1. The number of thioether (sulfide) groups is 1. The van der Waals surface area contributed by atoms with Crippen LogP contribution in [0.5, 0.6) is 0 Å². The molecule has 0 aromatic carbocycles. The summed E-state index contributed by atoms with van der Waals surface area (Å²) in [7, 11) is 0. The minimum absolute atomic E-state index is 0.0200. The second-order valence-electron chi connectivity index (χ2n) is 2.32. The van der Waals surface area contributed by atoms with E-state index < -0.39 is 5.97 Å². The first kappa shape index (κ1) is 9.79. The number of rotatable bonds is 3. The molecule has 0 fully saturated rings. The maximum Gasteiger partial charge on any atom is 0.341 e. The van der Waals surface area contributed by atoms with Crippen molar-refractivity contribution >= 4 is 23.5 Å². The molecule has 13 heavy (non-hydrogen) atoms. The molecule has 0 aliphatic carbocycles. The molecular weight excluding hydrogens is 190 g/mol. The van der Waals surface area contributed by atoms with Gasteiger partial charge < -0.3 is 10.8 Å². The Morgan fingerprint density at radius 3 is 2.92 bits per heavy atom. The van der Waals surface area contributed by atoms with Gasteiger partial charge in [0, 0.05) is 6.20 Å². The van der Waals surface area contributed by atoms with Crippen molar-refractivity contribution in [3.63, 3.8) is 0 Å². The van der Waals surface area contributed by atoms with Gasteiger partial charge in [-0.2, -0.15) is 11.8 Å². The highest BCUT2D eigenvalue weighted by Crippen LogP contribution is 2.10. The van der Waals surface area contributed by atoms with Crippen molar-refractivity contribution in [3.8, 4) is 0 Å². The topological polar surface area (TPSA) is 89.1 Å². The van der Waals surface area contributed by atoms with Gasteiger partial charge in [0.25, 0.3) is 0 Å². The van der Waals surface area contributed by atoms with E-state index in [-0.39, 0.29) is 11.4 Å². The summed E-state index contributed by atoms with van der Waals surface area (Å²) in [5.74, 6) is 0.0964. The molecule has 0 amide bonds. The van der Waals surface area contributed by atoms with Crippen molar-refractivity contribution < 1.29 is 9.90 Å². The molecule has 1 rings (SSSR count). The fourth-order valence-corrected chi connectivity index (χ4v) is 1.19. The summed E-state index contributed by atoms with van der Waals surface area (Å²) in [6, 6.07) is 0. The summed E-state index contributed by atoms with van der Waals surface area (Å²) in [6.07, 6.45) is 3.14. The Morgan fingerprint density at radius 2 is 2.46 bits per heavy atom. The molecule has 0 saturated carbocycles. The molecule has 3 N–H and O–H groups in total. The summed E-state index contributed by atoms with van der Waals surface area (Å²) in [5.41, 5.74) is 5.36. The minimum atomic E-state index is -1.10. The maximum absolute atomic E-state index is 10.5. The predicted molar refractivity (Wildman–Crippen MR) is 50.6 cm³/mol. The molecule has 70 valence electrons. The van der Waals surface area contributed by atoms with Crippen LogP contribution >= 0.6 is 11.8 Å². The van der Waals surface area contributed by atoms with E-state index >= 15 is 0 Å². The zero-order valence-corrected chi connectivity index (χ0v) is 7.84. The van der Waals surface area contributed by atoms with E-state index in [0.29, 0.717) is 11.6 Å². The number of nitrogens with two attached hydrogens (primary N) is 1. The average molecular weight is 199 g/mol. The largest absolute Gasteiger partial charge is 0.477 e. The van der Waals surface area contributed by atoms with E-state index in [1.165, 1.54) is 6.20 Å².